The fourth-order valence-corrected chi connectivity index (χ4v) is 2.09. The van der Waals surface area contributed by atoms with E-state index < -0.39 is 0 Å². The summed E-state index contributed by atoms with van der Waals surface area (Å²) in [6, 6.07) is 6.37. The Morgan fingerprint density at radius 1 is 1.35 bits per heavy atom. The summed E-state index contributed by atoms with van der Waals surface area (Å²) in [5, 5.41) is 2.86. The Kier molecular flexibility index (Phi) is 4.06. The highest BCUT2D eigenvalue weighted by Crippen LogP contribution is 2.16. The molecule has 2 rings (SSSR count). The van der Waals surface area contributed by atoms with E-state index in [0.29, 0.717) is 19.6 Å². The van der Waals surface area contributed by atoms with Crippen LogP contribution in [-0.2, 0) is 13.0 Å². The molecule has 17 heavy (non-hydrogen) atoms. The third kappa shape index (κ3) is 3.25. The van der Waals surface area contributed by atoms with Gasteiger partial charge in [-0.3, -0.25) is 0 Å². The summed E-state index contributed by atoms with van der Waals surface area (Å²) in [4.78, 5) is 4.30. The van der Waals surface area contributed by atoms with Crippen LogP contribution in [0.2, 0.25) is 0 Å². The van der Waals surface area contributed by atoms with Crippen LogP contribution < -0.4 is 10.5 Å². The van der Waals surface area contributed by atoms with E-state index in [1.165, 1.54) is 17.4 Å². The van der Waals surface area contributed by atoms with Crippen LogP contribution in [0, 0.1) is 5.82 Å². The summed E-state index contributed by atoms with van der Waals surface area (Å²) in [6.45, 7) is 0.869. The molecule has 2 N–H and O–H groups in total. The molecule has 1 heterocycles. The normalized spacial score (nSPS) is 10.5. The molecule has 0 aliphatic carbocycles. The van der Waals surface area contributed by atoms with Gasteiger partial charge in [0.25, 0.3) is 0 Å². The summed E-state index contributed by atoms with van der Waals surface area (Å²) in [5.41, 5.74) is 6.41. The van der Waals surface area contributed by atoms with Crippen molar-refractivity contribution in [1.82, 2.24) is 4.98 Å². The second-order valence-corrected chi connectivity index (χ2v) is 4.41. The van der Waals surface area contributed by atoms with Crippen LogP contribution in [0.5, 0.6) is 5.75 Å². The molecule has 0 aliphatic rings. The highest BCUT2D eigenvalue weighted by Gasteiger charge is 2.03. The average Bonchev–Trinajstić information content (AvgIpc) is 2.80. The van der Waals surface area contributed by atoms with Gasteiger partial charge in [-0.1, -0.05) is 12.1 Å². The zero-order valence-electron chi connectivity index (χ0n) is 9.23. The molecule has 0 bridgehead atoms. The SMILES string of the molecule is NCc1nc(CCOc2ccccc2F)cs1. The molecule has 1 aromatic carbocycles. The minimum absolute atomic E-state index is 0.279. The van der Waals surface area contributed by atoms with Crippen LogP contribution in [0.4, 0.5) is 4.39 Å². The zero-order valence-corrected chi connectivity index (χ0v) is 10.0. The van der Waals surface area contributed by atoms with Crippen LogP contribution >= 0.6 is 11.3 Å². The van der Waals surface area contributed by atoms with E-state index in [4.69, 9.17) is 10.5 Å². The van der Waals surface area contributed by atoms with Crippen molar-refractivity contribution in [2.24, 2.45) is 5.73 Å². The lowest BCUT2D eigenvalue weighted by Gasteiger charge is -2.05. The third-order valence-corrected chi connectivity index (χ3v) is 3.15. The lowest BCUT2D eigenvalue weighted by Crippen LogP contribution is -2.03. The first-order chi connectivity index (χ1) is 8.29. The van der Waals surface area contributed by atoms with E-state index in [-0.39, 0.29) is 11.6 Å². The Balaban J connectivity index is 1.85. The first-order valence-electron chi connectivity index (χ1n) is 5.30. The summed E-state index contributed by atoms with van der Waals surface area (Å²) in [7, 11) is 0. The Morgan fingerprint density at radius 3 is 2.88 bits per heavy atom. The van der Waals surface area contributed by atoms with Crippen molar-refractivity contribution in [3.8, 4) is 5.75 Å². The van der Waals surface area contributed by atoms with Gasteiger partial charge >= 0.3 is 0 Å². The van der Waals surface area contributed by atoms with Crippen molar-refractivity contribution in [2.45, 2.75) is 13.0 Å². The molecule has 1 aromatic heterocycles. The van der Waals surface area contributed by atoms with E-state index >= 15 is 0 Å². The molecule has 0 spiro atoms. The van der Waals surface area contributed by atoms with E-state index in [1.807, 2.05) is 5.38 Å². The van der Waals surface area contributed by atoms with E-state index in [1.54, 1.807) is 18.2 Å². The molecule has 5 heteroatoms. The monoisotopic (exact) mass is 252 g/mol. The number of thiazole rings is 1. The van der Waals surface area contributed by atoms with Gasteiger partial charge in [-0.25, -0.2) is 9.37 Å². The Bertz CT molecular complexity index is 487. The Morgan fingerprint density at radius 2 is 2.18 bits per heavy atom. The first kappa shape index (κ1) is 12.0. The quantitative estimate of drug-likeness (QED) is 0.888. The molecule has 90 valence electrons. The van der Waals surface area contributed by atoms with Gasteiger partial charge in [-0.15, -0.1) is 11.3 Å². The van der Waals surface area contributed by atoms with Gasteiger partial charge in [0.15, 0.2) is 11.6 Å². The second-order valence-electron chi connectivity index (χ2n) is 3.47. The lowest BCUT2D eigenvalue weighted by atomic mass is 10.3. The largest absolute Gasteiger partial charge is 0.490 e. The number of halogens is 1. The van der Waals surface area contributed by atoms with Crippen molar-refractivity contribution in [3.63, 3.8) is 0 Å². The summed E-state index contributed by atoms with van der Waals surface area (Å²) < 4.78 is 18.6. The number of para-hydroxylation sites is 1. The van der Waals surface area contributed by atoms with Crippen molar-refractivity contribution in [1.29, 1.82) is 0 Å². The Hall–Kier alpha value is -1.46. The molecule has 0 saturated heterocycles. The molecule has 0 unspecified atom stereocenters. The van der Waals surface area contributed by atoms with Crippen LogP contribution in [0.25, 0.3) is 0 Å². The van der Waals surface area contributed by atoms with Crippen molar-refractivity contribution in [3.05, 3.63) is 46.2 Å². The van der Waals surface area contributed by atoms with Crippen LogP contribution in [-0.4, -0.2) is 11.6 Å². The van der Waals surface area contributed by atoms with E-state index in [0.717, 1.165) is 10.7 Å². The number of aromatic nitrogens is 1. The minimum atomic E-state index is -0.339. The zero-order chi connectivity index (χ0) is 12.1. The van der Waals surface area contributed by atoms with Crippen LogP contribution in [0.15, 0.2) is 29.6 Å². The standard InChI is InChI=1S/C12H13FN2OS/c13-10-3-1-2-4-11(10)16-6-5-9-8-17-12(7-14)15-9/h1-4,8H,5-7,14H2. The van der Waals surface area contributed by atoms with E-state index in [9.17, 15) is 4.39 Å². The summed E-state index contributed by atoms with van der Waals surface area (Å²) in [5.74, 6) is -0.0600. The van der Waals surface area contributed by atoms with Gasteiger partial charge < -0.3 is 10.5 Å². The maximum atomic E-state index is 13.2. The van der Waals surface area contributed by atoms with Gasteiger partial charge in [0.05, 0.1) is 12.3 Å². The third-order valence-electron chi connectivity index (χ3n) is 2.23. The lowest BCUT2D eigenvalue weighted by molar-refractivity contribution is 0.304. The maximum absolute atomic E-state index is 13.2. The molecule has 0 amide bonds. The molecule has 0 radical (unpaired) electrons. The Labute approximate surface area is 103 Å². The molecular weight excluding hydrogens is 239 g/mol. The average molecular weight is 252 g/mol. The number of nitrogens with two attached hydrogens (primary N) is 1. The van der Waals surface area contributed by atoms with Gasteiger partial charge in [0.2, 0.25) is 0 Å². The van der Waals surface area contributed by atoms with E-state index in [2.05, 4.69) is 4.98 Å². The molecule has 3 nitrogen and oxygen atoms in total. The molecular formula is C12H13FN2OS. The summed E-state index contributed by atoms with van der Waals surface area (Å²) >= 11 is 1.53. The number of hydrogen-bond donors (Lipinski definition) is 1. The van der Waals surface area contributed by atoms with Crippen LogP contribution in [0.1, 0.15) is 10.7 Å². The van der Waals surface area contributed by atoms with Crippen molar-refractivity contribution in [2.75, 3.05) is 6.61 Å². The highest BCUT2D eigenvalue weighted by atomic mass is 32.1. The maximum Gasteiger partial charge on any atom is 0.165 e. The molecule has 0 fully saturated rings. The predicted molar refractivity (Wildman–Crippen MR) is 65.6 cm³/mol. The fraction of sp³-hybridized carbons (Fsp3) is 0.250. The van der Waals surface area contributed by atoms with Gasteiger partial charge in [-0.05, 0) is 12.1 Å². The van der Waals surface area contributed by atoms with Crippen molar-refractivity contribution < 1.29 is 9.13 Å². The molecule has 0 saturated carbocycles. The number of nitrogens with zero attached hydrogens (tertiary/aromatic N) is 1. The number of hydrogen-bond acceptors (Lipinski definition) is 4. The number of ether oxygens (including phenoxy) is 1. The topological polar surface area (TPSA) is 48.1 Å². The number of rotatable bonds is 5. The van der Waals surface area contributed by atoms with Gasteiger partial charge in [0.1, 0.15) is 5.01 Å². The minimum Gasteiger partial charge on any atom is -0.490 e. The van der Waals surface area contributed by atoms with Gasteiger partial charge in [0, 0.05) is 18.3 Å². The fourth-order valence-electron chi connectivity index (χ4n) is 1.38. The predicted octanol–water partition coefficient (Wildman–Crippen LogP) is 2.36. The van der Waals surface area contributed by atoms with Gasteiger partial charge in [-0.2, -0.15) is 0 Å². The smallest absolute Gasteiger partial charge is 0.165 e. The summed E-state index contributed by atoms with van der Waals surface area (Å²) in [6.07, 6.45) is 0.658. The van der Waals surface area contributed by atoms with Crippen molar-refractivity contribution >= 4 is 11.3 Å². The highest BCUT2D eigenvalue weighted by molar-refractivity contribution is 7.09. The van der Waals surface area contributed by atoms with Crippen LogP contribution in [0.3, 0.4) is 0 Å². The first-order valence-corrected chi connectivity index (χ1v) is 6.18. The number of benzene rings is 1. The molecule has 0 aliphatic heterocycles. The molecule has 0 atom stereocenters. The second kappa shape index (κ2) is 5.75. The molecule has 2 aromatic rings.